The summed E-state index contributed by atoms with van der Waals surface area (Å²) in [7, 11) is 0. The second kappa shape index (κ2) is 11.5. The third kappa shape index (κ3) is 5.38. The van der Waals surface area contributed by atoms with E-state index in [9.17, 15) is 44.4 Å². The van der Waals surface area contributed by atoms with Crippen molar-refractivity contribution in [3.05, 3.63) is 121 Å². The summed E-state index contributed by atoms with van der Waals surface area (Å²) in [6.45, 7) is -1.56. The van der Waals surface area contributed by atoms with Crippen LogP contribution in [-0.2, 0) is 5.41 Å². The first kappa shape index (κ1) is 28.2. The molecule has 1 atom stereocenters. The van der Waals surface area contributed by atoms with Gasteiger partial charge in [-0.25, -0.2) is 4.79 Å². The molecule has 212 valence electrons. The van der Waals surface area contributed by atoms with Crippen LogP contribution in [0.2, 0.25) is 0 Å². The molecule has 0 bridgehead atoms. The molecule has 4 rings (SSSR count). The van der Waals surface area contributed by atoms with Crippen LogP contribution in [0.3, 0.4) is 0 Å². The van der Waals surface area contributed by atoms with E-state index in [4.69, 9.17) is 13.3 Å². The molecular formula is C27H22N2O12. The van der Waals surface area contributed by atoms with Gasteiger partial charge < -0.3 is 44.3 Å². The van der Waals surface area contributed by atoms with Gasteiger partial charge in [-0.05, 0) is 12.1 Å². The molecule has 14 nitrogen and oxygen atoms in total. The van der Waals surface area contributed by atoms with E-state index in [-0.39, 0.29) is 5.56 Å². The maximum absolute atomic E-state index is 13.2. The van der Waals surface area contributed by atoms with E-state index in [0.29, 0.717) is 0 Å². The van der Waals surface area contributed by atoms with Gasteiger partial charge in [0.1, 0.15) is 5.41 Å². The van der Waals surface area contributed by atoms with E-state index in [1.165, 1.54) is 12.1 Å². The lowest BCUT2D eigenvalue weighted by Crippen LogP contribution is -2.50. The highest BCUT2D eigenvalue weighted by molar-refractivity contribution is 5.94. The zero-order valence-electron chi connectivity index (χ0n) is 20.9. The molecule has 1 unspecified atom stereocenters. The molecule has 0 aliphatic rings. The van der Waals surface area contributed by atoms with Gasteiger partial charge in [0, 0.05) is 36.9 Å². The van der Waals surface area contributed by atoms with Crippen molar-refractivity contribution >= 4 is 12.0 Å². The summed E-state index contributed by atoms with van der Waals surface area (Å²) in [4.78, 5) is 62.3. The minimum absolute atomic E-state index is 0.146. The fraction of sp³-hybridized carbons (Fsp3) is 0.148. The van der Waals surface area contributed by atoms with Crippen LogP contribution >= 0.6 is 0 Å². The number of aromatic hydroxyl groups is 3. The molecule has 0 fully saturated rings. The Morgan fingerprint density at radius 1 is 0.732 bits per heavy atom. The topological polar surface area (TPSA) is 230 Å². The van der Waals surface area contributed by atoms with Gasteiger partial charge in [-0.3, -0.25) is 19.2 Å². The molecule has 3 aromatic heterocycles. The highest BCUT2D eigenvalue weighted by atomic mass is 16.4. The second-order valence-electron chi connectivity index (χ2n) is 8.68. The summed E-state index contributed by atoms with van der Waals surface area (Å²) in [5.74, 6) is -7.73. The molecular weight excluding hydrogens is 544 g/mol. The lowest BCUT2D eigenvalue weighted by molar-refractivity contribution is 0.0931. The Kier molecular flexibility index (Phi) is 7.94. The minimum atomic E-state index is -2.43. The monoisotopic (exact) mass is 566 g/mol. The Balaban J connectivity index is 2.12. The largest absolute Gasteiger partial charge is 0.502 e. The number of rotatable bonds is 9. The highest BCUT2D eigenvalue weighted by Gasteiger charge is 2.54. The van der Waals surface area contributed by atoms with Crippen molar-refractivity contribution in [2.75, 3.05) is 13.1 Å². The molecule has 0 saturated heterocycles. The minimum Gasteiger partial charge on any atom is -0.502 e. The number of carboxylic acid groups (broad SMARTS) is 1. The van der Waals surface area contributed by atoms with Crippen molar-refractivity contribution in [1.82, 2.24) is 10.6 Å². The molecule has 0 aliphatic heterocycles. The third-order valence-corrected chi connectivity index (χ3v) is 6.33. The molecule has 0 aliphatic carbocycles. The van der Waals surface area contributed by atoms with Crippen molar-refractivity contribution in [2.24, 2.45) is 0 Å². The van der Waals surface area contributed by atoms with Crippen LogP contribution in [0.25, 0.3) is 0 Å². The van der Waals surface area contributed by atoms with E-state index < -0.39 is 87.2 Å². The molecule has 2 amide bonds. The SMILES string of the molecule is O=C(O)NCC(c1occc(=O)c1O)C(CNC(=O)c1ccccc1)(c1occc(=O)c1O)c1occc(=O)c1O. The van der Waals surface area contributed by atoms with Gasteiger partial charge in [0.2, 0.25) is 33.5 Å². The molecule has 0 radical (unpaired) electrons. The van der Waals surface area contributed by atoms with Gasteiger partial charge in [0.05, 0.1) is 24.7 Å². The van der Waals surface area contributed by atoms with Crippen LogP contribution in [0.5, 0.6) is 17.2 Å². The molecule has 14 heteroatoms. The molecule has 41 heavy (non-hydrogen) atoms. The number of hydrogen-bond donors (Lipinski definition) is 6. The molecule has 6 N–H and O–H groups in total. The van der Waals surface area contributed by atoms with E-state index >= 15 is 0 Å². The number of carbonyl (C=O) groups excluding carboxylic acids is 1. The first-order valence-corrected chi connectivity index (χ1v) is 11.8. The standard InChI is InChI=1S/C27H22N2O12/c30-16-6-9-39-22(19(16)33)15(12-28-26(37)38)27(23-20(34)17(31)7-10-40-23,24-21(35)18(32)8-11-41-24)13-29-25(36)14-4-2-1-3-5-14/h1-11,15,28,33-35H,12-13H2,(H,29,36)(H,37,38). The molecule has 4 aromatic rings. The van der Waals surface area contributed by atoms with Gasteiger partial charge in [0.15, 0.2) is 17.3 Å². The zero-order valence-corrected chi connectivity index (χ0v) is 20.9. The van der Waals surface area contributed by atoms with Crippen LogP contribution in [0.15, 0.2) is 95.0 Å². The first-order chi connectivity index (χ1) is 19.6. The normalized spacial score (nSPS) is 11.9. The van der Waals surface area contributed by atoms with Gasteiger partial charge >= 0.3 is 6.09 Å². The van der Waals surface area contributed by atoms with E-state index in [0.717, 1.165) is 37.0 Å². The molecule has 3 heterocycles. The Labute approximate surface area is 228 Å². The zero-order chi connectivity index (χ0) is 29.7. The smallest absolute Gasteiger partial charge is 0.404 e. The summed E-state index contributed by atoms with van der Waals surface area (Å²) >= 11 is 0. The van der Waals surface area contributed by atoms with Crippen LogP contribution in [-0.4, -0.2) is 45.5 Å². The maximum Gasteiger partial charge on any atom is 0.404 e. The lowest BCUT2D eigenvalue weighted by atomic mass is 9.68. The fourth-order valence-corrected chi connectivity index (χ4v) is 4.42. The van der Waals surface area contributed by atoms with E-state index in [2.05, 4.69) is 10.6 Å². The van der Waals surface area contributed by atoms with Crippen molar-refractivity contribution in [1.29, 1.82) is 0 Å². The van der Waals surface area contributed by atoms with Crippen molar-refractivity contribution in [2.45, 2.75) is 11.3 Å². The van der Waals surface area contributed by atoms with Gasteiger partial charge in [0.25, 0.3) is 5.91 Å². The van der Waals surface area contributed by atoms with E-state index in [1.807, 2.05) is 0 Å². The number of hydrogen-bond acceptors (Lipinski definition) is 11. The highest BCUT2D eigenvalue weighted by Crippen LogP contribution is 2.49. The summed E-state index contributed by atoms with van der Waals surface area (Å²) < 4.78 is 16.5. The molecule has 0 spiro atoms. The predicted octanol–water partition coefficient (Wildman–Crippen LogP) is 1.43. The Morgan fingerprint density at radius 3 is 1.78 bits per heavy atom. The maximum atomic E-state index is 13.2. The number of nitrogens with one attached hydrogen (secondary N) is 2. The van der Waals surface area contributed by atoms with Crippen LogP contribution in [0.1, 0.15) is 33.6 Å². The Hall–Kier alpha value is -5.79. The van der Waals surface area contributed by atoms with Gasteiger partial charge in [-0.1, -0.05) is 18.2 Å². The second-order valence-corrected chi connectivity index (χ2v) is 8.68. The third-order valence-electron chi connectivity index (χ3n) is 6.33. The Bertz CT molecular complexity index is 1700. The number of amides is 2. The van der Waals surface area contributed by atoms with E-state index in [1.54, 1.807) is 18.2 Å². The first-order valence-electron chi connectivity index (χ1n) is 11.8. The van der Waals surface area contributed by atoms with Crippen LogP contribution in [0, 0.1) is 0 Å². The average molecular weight is 566 g/mol. The molecule has 0 saturated carbocycles. The molecule has 1 aromatic carbocycles. The quantitative estimate of drug-likeness (QED) is 0.169. The fourth-order valence-electron chi connectivity index (χ4n) is 4.42. The van der Waals surface area contributed by atoms with Crippen LogP contribution in [0.4, 0.5) is 4.79 Å². The predicted molar refractivity (Wildman–Crippen MR) is 138 cm³/mol. The number of carbonyl (C=O) groups is 2. The van der Waals surface area contributed by atoms with Crippen molar-refractivity contribution in [3.8, 4) is 17.2 Å². The lowest BCUT2D eigenvalue weighted by Gasteiger charge is -2.38. The summed E-state index contributed by atoms with van der Waals surface area (Å²) in [6, 6.07) is 10.3. The van der Waals surface area contributed by atoms with Crippen LogP contribution < -0.4 is 26.9 Å². The average Bonchev–Trinajstić information content (AvgIpc) is 2.96. The summed E-state index contributed by atoms with van der Waals surface area (Å²) in [6.07, 6.45) is 0.991. The van der Waals surface area contributed by atoms with Crippen molar-refractivity contribution < 1.29 is 43.3 Å². The van der Waals surface area contributed by atoms with Gasteiger partial charge in [-0.2, -0.15) is 0 Å². The van der Waals surface area contributed by atoms with Crippen molar-refractivity contribution in [3.63, 3.8) is 0 Å². The summed E-state index contributed by atoms with van der Waals surface area (Å²) in [5.41, 5.74) is -5.27. The summed E-state index contributed by atoms with van der Waals surface area (Å²) in [5, 5.41) is 46.6. The Morgan fingerprint density at radius 2 is 1.24 bits per heavy atom. The number of benzene rings is 1. The van der Waals surface area contributed by atoms with Gasteiger partial charge in [-0.15, -0.1) is 0 Å².